The van der Waals surface area contributed by atoms with Crippen LogP contribution in [0.3, 0.4) is 0 Å². The van der Waals surface area contributed by atoms with Gasteiger partial charge in [0.25, 0.3) is 5.91 Å². The van der Waals surface area contributed by atoms with Crippen molar-refractivity contribution in [2.45, 2.75) is 25.7 Å². The van der Waals surface area contributed by atoms with E-state index in [1.165, 1.54) is 11.5 Å². The van der Waals surface area contributed by atoms with E-state index in [2.05, 4.69) is 14.7 Å². The zero-order valence-corrected chi connectivity index (χ0v) is 15.1. The molecule has 6 nitrogen and oxygen atoms in total. The van der Waals surface area contributed by atoms with Gasteiger partial charge in [-0.1, -0.05) is 12.1 Å². The second-order valence-corrected chi connectivity index (χ2v) is 7.11. The fourth-order valence-corrected chi connectivity index (χ4v) is 4.12. The third-order valence-electron chi connectivity index (χ3n) is 4.67. The SMILES string of the molecule is CNc1snc(C)c1C(=O)N1CCC[C@@H](c2nc3ccccc3o2)C1. The molecular formula is C18H20N4O2S. The largest absolute Gasteiger partial charge is 0.440 e. The lowest BCUT2D eigenvalue weighted by Crippen LogP contribution is -2.39. The Kier molecular flexibility index (Phi) is 4.17. The van der Waals surface area contributed by atoms with Crippen molar-refractivity contribution in [1.82, 2.24) is 14.3 Å². The highest BCUT2D eigenvalue weighted by Crippen LogP contribution is 2.32. The molecule has 0 radical (unpaired) electrons. The Morgan fingerprint density at radius 2 is 2.24 bits per heavy atom. The fourth-order valence-electron chi connectivity index (χ4n) is 3.38. The molecule has 0 bridgehead atoms. The van der Waals surface area contributed by atoms with Crippen molar-refractivity contribution >= 4 is 33.5 Å². The van der Waals surface area contributed by atoms with Gasteiger partial charge in [0.2, 0.25) is 0 Å². The van der Waals surface area contributed by atoms with E-state index < -0.39 is 0 Å². The van der Waals surface area contributed by atoms with Crippen LogP contribution in [0, 0.1) is 6.92 Å². The van der Waals surface area contributed by atoms with Crippen molar-refractivity contribution in [3.63, 3.8) is 0 Å². The third-order valence-corrected chi connectivity index (χ3v) is 5.63. The number of amides is 1. The molecule has 130 valence electrons. The van der Waals surface area contributed by atoms with Crippen LogP contribution in [0.15, 0.2) is 28.7 Å². The van der Waals surface area contributed by atoms with E-state index in [0.29, 0.717) is 12.1 Å². The molecule has 3 aromatic rings. The monoisotopic (exact) mass is 356 g/mol. The smallest absolute Gasteiger partial charge is 0.258 e. The summed E-state index contributed by atoms with van der Waals surface area (Å²) in [6, 6.07) is 7.78. The van der Waals surface area contributed by atoms with Crippen LogP contribution in [0.2, 0.25) is 0 Å². The van der Waals surface area contributed by atoms with Crippen LogP contribution in [0.5, 0.6) is 0 Å². The summed E-state index contributed by atoms with van der Waals surface area (Å²) in [6.07, 6.45) is 1.93. The summed E-state index contributed by atoms with van der Waals surface area (Å²) in [4.78, 5) is 19.5. The first kappa shape index (κ1) is 16.1. The fraction of sp³-hybridized carbons (Fsp3) is 0.389. The Labute approximate surface area is 150 Å². The minimum atomic E-state index is 0.0383. The molecule has 0 aliphatic carbocycles. The molecule has 0 spiro atoms. The molecular weight excluding hydrogens is 336 g/mol. The molecule has 1 saturated heterocycles. The Morgan fingerprint density at radius 1 is 1.40 bits per heavy atom. The number of rotatable bonds is 3. The van der Waals surface area contributed by atoms with Crippen molar-refractivity contribution in [1.29, 1.82) is 0 Å². The Morgan fingerprint density at radius 3 is 3.04 bits per heavy atom. The molecule has 1 aliphatic heterocycles. The average molecular weight is 356 g/mol. The highest BCUT2D eigenvalue weighted by molar-refractivity contribution is 7.10. The zero-order valence-electron chi connectivity index (χ0n) is 14.3. The molecule has 1 aromatic carbocycles. The maximum absolute atomic E-state index is 13.0. The Balaban J connectivity index is 1.58. The van der Waals surface area contributed by atoms with Crippen LogP contribution in [-0.2, 0) is 0 Å². The summed E-state index contributed by atoms with van der Waals surface area (Å²) in [5, 5.41) is 3.90. The number of benzene rings is 1. The van der Waals surface area contributed by atoms with Crippen molar-refractivity contribution in [2.24, 2.45) is 0 Å². The highest BCUT2D eigenvalue weighted by atomic mass is 32.1. The number of aromatic nitrogens is 2. The van der Waals surface area contributed by atoms with Crippen LogP contribution < -0.4 is 5.32 Å². The topological polar surface area (TPSA) is 71.3 Å². The first-order valence-corrected chi connectivity index (χ1v) is 9.23. The number of nitrogens with one attached hydrogen (secondary N) is 1. The molecule has 1 fully saturated rings. The first-order valence-electron chi connectivity index (χ1n) is 8.46. The maximum Gasteiger partial charge on any atom is 0.258 e. The molecule has 1 aliphatic rings. The number of para-hydroxylation sites is 2. The van der Waals surface area contributed by atoms with Gasteiger partial charge in [-0.15, -0.1) is 0 Å². The number of likely N-dealkylation sites (tertiary alicyclic amines) is 1. The van der Waals surface area contributed by atoms with Crippen LogP contribution in [0.4, 0.5) is 5.00 Å². The van der Waals surface area contributed by atoms with Gasteiger partial charge in [-0.05, 0) is 43.4 Å². The normalized spacial score (nSPS) is 17.8. The first-order chi connectivity index (χ1) is 12.2. The lowest BCUT2D eigenvalue weighted by molar-refractivity contribution is 0.0699. The molecule has 2 aromatic heterocycles. The lowest BCUT2D eigenvalue weighted by Gasteiger charge is -2.31. The summed E-state index contributed by atoms with van der Waals surface area (Å²) in [5.41, 5.74) is 3.14. The molecule has 0 unspecified atom stereocenters. The number of oxazole rings is 1. The van der Waals surface area contributed by atoms with Crippen LogP contribution in [-0.4, -0.2) is 40.3 Å². The minimum absolute atomic E-state index is 0.0383. The van der Waals surface area contributed by atoms with E-state index in [0.717, 1.165) is 47.1 Å². The molecule has 7 heteroatoms. The lowest BCUT2D eigenvalue weighted by atomic mass is 9.97. The number of hydrogen-bond acceptors (Lipinski definition) is 6. The van der Waals surface area contributed by atoms with Gasteiger partial charge >= 0.3 is 0 Å². The second kappa shape index (κ2) is 6.48. The summed E-state index contributed by atoms with van der Waals surface area (Å²) in [7, 11) is 1.82. The second-order valence-electron chi connectivity index (χ2n) is 6.33. The quantitative estimate of drug-likeness (QED) is 0.775. The van der Waals surface area contributed by atoms with Crippen LogP contribution in [0.25, 0.3) is 11.1 Å². The van der Waals surface area contributed by atoms with Crippen molar-refractivity contribution < 1.29 is 9.21 Å². The summed E-state index contributed by atoms with van der Waals surface area (Å²) in [6.45, 7) is 3.27. The van der Waals surface area contributed by atoms with E-state index in [9.17, 15) is 4.79 Å². The number of fused-ring (bicyclic) bond motifs is 1. The third kappa shape index (κ3) is 2.89. The van der Waals surface area contributed by atoms with Gasteiger partial charge in [-0.25, -0.2) is 4.98 Å². The number of nitrogens with zero attached hydrogens (tertiary/aromatic N) is 3. The summed E-state index contributed by atoms with van der Waals surface area (Å²) < 4.78 is 10.2. The molecule has 4 rings (SSSR count). The molecule has 1 N–H and O–H groups in total. The summed E-state index contributed by atoms with van der Waals surface area (Å²) in [5.74, 6) is 0.902. The number of anilines is 1. The predicted octanol–water partition coefficient (Wildman–Crippen LogP) is 3.65. The number of carbonyl (C=O) groups is 1. The van der Waals surface area contributed by atoms with Gasteiger partial charge in [0.15, 0.2) is 11.5 Å². The van der Waals surface area contributed by atoms with Crippen LogP contribution >= 0.6 is 11.5 Å². The molecule has 1 amide bonds. The van der Waals surface area contributed by atoms with Crippen LogP contribution in [0.1, 0.15) is 40.7 Å². The molecule has 25 heavy (non-hydrogen) atoms. The number of hydrogen-bond donors (Lipinski definition) is 1. The van der Waals surface area contributed by atoms with E-state index in [1.807, 2.05) is 43.1 Å². The Hall–Kier alpha value is -2.41. The van der Waals surface area contributed by atoms with E-state index in [1.54, 1.807) is 0 Å². The maximum atomic E-state index is 13.0. The van der Waals surface area contributed by atoms with Gasteiger partial charge in [0, 0.05) is 20.1 Å². The van der Waals surface area contributed by atoms with Crippen molar-refractivity contribution in [3.8, 4) is 0 Å². The van der Waals surface area contributed by atoms with Crippen molar-refractivity contribution in [2.75, 3.05) is 25.5 Å². The van der Waals surface area contributed by atoms with Gasteiger partial charge in [-0.3, -0.25) is 4.79 Å². The van der Waals surface area contributed by atoms with E-state index in [-0.39, 0.29) is 11.8 Å². The van der Waals surface area contributed by atoms with Gasteiger partial charge in [-0.2, -0.15) is 4.37 Å². The minimum Gasteiger partial charge on any atom is -0.440 e. The molecule has 0 saturated carbocycles. The van der Waals surface area contributed by atoms with E-state index in [4.69, 9.17) is 4.42 Å². The Bertz CT molecular complexity index is 884. The highest BCUT2D eigenvalue weighted by Gasteiger charge is 2.31. The molecule has 1 atom stereocenters. The summed E-state index contributed by atoms with van der Waals surface area (Å²) >= 11 is 1.33. The number of carbonyl (C=O) groups excluding carboxylic acids is 1. The van der Waals surface area contributed by atoms with E-state index >= 15 is 0 Å². The predicted molar refractivity (Wildman–Crippen MR) is 98.3 cm³/mol. The van der Waals surface area contributed by atoms with Gasteiger partial charge in [0.1, 0.15) is 10.5 Å². The average Bonchev–Trinajstić information content (AvgIpc) is 3.24. The standard InChI is InChI=1S/C18H20N4O2S/c1-11-15(17(19-2)25-21-11)18(23)22-9-5-6-12(10-22)16-20-13-7-3-4-8-14(13)24-16/h3-4,7-8,12,19H,5-6,9-10H2,1-2H3/t12-/m1/s1. The van der Waals surface area contributed by atoms with Gasteiger partial charge < -0.3 is 14.6 Å². The zero-order chi connectivity index (χ0) is 17.4. The number of piperidine rings is 1. The molecule has 3 heterocycles. The van der Waals surface area contributed by atoms with Crippen molar-refractivity contribution in [3.05, 3.63) is 41.4 Å². The van der Waals surface area contributed by atoms with Gasteiger partial charge in [0.05, 0.1) is 17.2 Å². The number of aryl methyl sites for hydroxylation is 1.